The highest BCUT2D eigenvalue weighted by Gasteiger charge is 2.15. The maximum Gasteiger partial charge on any atom is 0.134 e. The molecule has 1 rings (SSSR count). The molecule has 19 heavy (non-hydrogen) atoms. The zero-order chi connectivity index (χ0) is 14.3. The molecule has 4 heteroatoms. The van der Waals surface area contributed by atoms with Crippen LogP contribution in [-0.4, -0.2) is 36.3 Å². The van der Waals surface area contributed by atoms with E-state index in [4.69, 9.17) is 16.3 Å². The summed E-state index contributed by atoms with van der Waals surface area (Å²) in [7, 11) is 1.72. The third-order valence-corrected chi connectivity index (χ3v) is 3.74. The maximum absolute atomic E-state index is 9.46. The van der Waals surface area contributed by atoms with Crippen molar-refractivity contribution in [2.75, 3.05) is 20.3 Å². The minimum atomic E-state index is 0.136. The number of benzene rings is 1. The Morgan fingerprint density at radius 3 is 2.53 bits per heavy atom. The molecule has 0 fully saturated rings. The fourth-order valence-corrected chi connectivity index (χ4v) is 2.49. The molecule has 0 bridgehead atoms. The molecule has 1 N–H and O–H groups in total. The van der Waals surface area contributed by atoms with E-state index < -0.39 is 0 Å². The standard InChI is InChI=1S/C15H24ClNO2/c1-4-13(5-2)17(8-9-19-3)11-12-6-7-15(18)14(16)10-12/h6-7,10,13,18H,4-5,8-9,11H2,1-3H3. The molecule has 3 nitrogen and oxygen atoms in total. The first kappa shape index (κ1) is 16.3. The van der Waals surface area contributed by atoms with Crippen molar-refractivity contribution in [2.45, 2.75) is 39.3 Å². The predicted octanol–water partition coefficient (Wildman–Crippen LogP) is 3.68. The largest absolute Gasteiger partial charge is 0.506 e. The molecule has 0 aliphatic carbocycles. The van der Waals surface area contributed by atoms with Crippen LogP contribution in [0.1, 0.15) is 32.3 Å². The van der Waals surface area contributed by atoms with Gasteiger partial charge >= 0.3 is 0 Å². The van der Waals surface area contributed by atoms with Crippen molar-refractivity contribution >= 4 is 11.6 Å². The summed E-state index contributed by atoms with van der Waals surface area (Å²) in [5.74, 6) is 0.136. The van der Waals surface area contributed by atoms with Crippen LogP contribution in [0.25, 0.3) is 0 Å². The van der Waals surface area contributed by atoms with E-state index in [1.807, 2.05) is 12.1 Å². The Labute approximate surface area is 121 Å². The van der Waals surface area contributed by atoms with Crippen molar-refractivity contribution in [1.82, 2.24) is 4.90 Å². The van der Waals surface area contributed by atoms with Gasteiger partial charge in [0, 0.05) is 26.2 Å². The van der Waals surface area contributed by atoms with Gasteiger partial charge in [-0.3, -0.25) is 4.90 Å². The third-order valence-electron chi connectivity index (χ3n) is 3.44. The van der Waals surface area contributed by atoms with E-state index in [0.717, 1.165) is 38.1 Å². The molecule has 0 atom stereocenters. The van der Waals surface area contributed by atoms with Crippen LogP contribution in [0, 0.1) is 0 Å². The van der Waals surface area contributed by atoms with Crippen LogP contribution in [0.3, 0.4) is 0 Å². The third kappa shape index (κ3) is 5.01. The van der Waals surface area contributed by atoms with Gasteiger partial charge in [0.05, 0.1) is 11.6 Å². The van der Waals surface area contributed by atoms with Gasteiger partial charge in [0.25, 0.3) is 0 Å². The van der Waals surface area contributed by atoms with Gasteiger partial charge < -0.3 is 9.84 Å². The van der Waals surface area contributed by atoms with Crippen molar-refractivity contribution in [3.8, 4) is 5.75 Å². The van der Waals surface area contributed by atoms with Crippen LogP contribution >= 0.6 is 11.6 Å². The van der Waals surface area contributed by atoms with Crippen LogP contribution < -0.4 is 0 Å². The lowest BCUT2D eigenvalue weighted by atomic mass is 10.1. The molecule has 0 heterocycles. The van der Waals surface area contributed by atoms with Crippen LogP contribution in [0.5, 0.6) is 5.75 Å². The van der Waals surface area contributed by atoms with Gasteiger partial charge in [-0.2, -0.15) is 0 Å². The number of methoxy groups -OCH3 is 1. The molecule has 0 aliphatic rings. The number of halogens is 1. The number of phenols is 1. The number of phenolic OH excluding ortho intramolecular Hbond substituents is 1. The number of ether oxygens (including phenoxy) is 1. The van der Waals surface area contributed by atoms with Crippen LogP contribution in [-0.2, 0) is 11.3 Å². The lowest BCUT2D eigenvalue weighted by molar-refractivity contribution is 0.110. The highest BCUT2D eigenvalue weighted by Crippen LogP contribution is 2.25. The van der Waals surface area contributed by atoms with Crippen LogP contribution in [0.15, 0.2) is 18.2 Å². The Bertz CT molecular complexity index is 380. The van der Waals surface area contributed by atoms with Gasteiger partial charge in [0.1, 0.15) is 5.75 Å². The van der Waals surface area contributed by atoms with Crippen molar-refractivity contribution in [3.05, 3.63) is 28.8 Å². The minimum absolute atomic E-state index is 0.136. The van der Waals surface area contributed by atoms with Gasteiger partial charge in [0.15, 0.2) is 0 Å². The Kier molecular flexibility index (Phi) is 7.21. The minimum Gasteiger partial charge on any atom is -0.506 e. The van der Waals surface area contributed by atoms with E-state index in [0.29, 0.717) is 11.1 Å². The number of rotatable bonds is 8. The molecular formula is C15H24ClNO2. The first-order valence-corrected chi connectivity index (χ1v) is 7.20. The van der Waals surface area contributed by atoms with E-state index in [1.165, 1.54) is 0 Å². The Morgan fingerprint density at radius 2 is 2.00 bits per heavy atom. The fraction of sp³-hybridized carbons (Fsp3) is 0.600. The quantitative estimate of drug-likeness (QED) is 0.791. The number of aromatic hydroxyl groups is 1. The molecule has 1 aromatic carbocycles. The smallest absolute Gasteiger partial charge is 0.134 e. The Hall–Kier alpha value is -0.770. The summed E-state index contributed by atoms with van der Waals surface area (Å²) in [6.07, 6.45) is 2.23. The molecule has 0 saturated heterocycles. The summed E-state index contributed by atoms with van der Waals surface area (Å²) in [6.45, 7) is 6.87. The van der Waals surface area contributed by atoms with Gasteiger partial charge in [-0.15, -0.1) is 0 Å². The molecule has 0 aromatic heterocycles. The predicted molar refractivity (Wildman–Crippen MR) is 79.8 cm³/mol. The fourth-order valence-electron chi connectivity index (χ4n) is 2.29. The summed E-state index contributed by atoms with van der Waals surface area (Å²) in [5.41, 5.74) is 1.12. The van der Waals surface area contributed by atoms with Gasteiger partial charge in [-0.05, 0) is 30.5 Å². The molecule has 0 aliphatic heterocycles. The van der Waals surface area contributed by atoms with Crippen molar-refractivity contribution in [2.24, 2.45) is 0 Å². The monoisotopic (exact) mass is 285 g/mol. The molecule has 0 radical (unpaired) electrons. The summed E-state index contributed by atoms with van der Waals surface area (Å²) < 4.78 is 5.18. The average Bonchev–Trinajstić information content (AvgIpc) is 2.41. The molecule has 1 aromatic rings. The lowest BCUT2D eigenvalue weighted by Crippen LogP contribution is -2.36. The highest BCUT2D eigenvalue weighted by molar-refractivity contribution is 6.32. The molecule has 0 unspecified atom stereocenters. The van der Waals surface area contributed by atoms with E-state index >= 15 is 0 Å². The first-order chi connectivity index (χ1) is 9.12. The highest BCUT2D eigenvalue weighted by atomic mass is 35.5. The van der Waals surface area contributed by atoms with E-state index in [2.05, 4.69) is 18.7 Å². The van der Waals surface area contributed by atoms with E-state index in [1.54, 1.807) is 13.2 Å². The summed E-state index contributed by atoms with van der Waals surface area (Å²) >= 11 is 5.96. The topological polar surface area (TPSA) is 32.7 Å². The Balaban J connectivity index is 2.77. The van der Waals surface area contributed by atoms with E-state index in [-0.39, 0.29) is 5.75 Å². The lowest BCUT2D eigenvalue weighted by Gasteiger charge is -2.30. The number of hydrogen-bond acceptors (Lipinski definition) is 3. The average molecular weight is 286 g/mol. The van der Waals surface area contributed by atoms with Gasteiger partial charge in [0.2, 0.25) is 0 Å². The zero-order valence-electron chi connectivity index (χ0n) is 12.0. The normalized spacial score (nSPS) is 11.5. The van der Waals surface area contributed by atoms with E-state index in [9.17, 15) is 5.11 Å². The van der Waals surface area contributed by atoms with Crippen molar-refractivity contribution in [1.29, 1.82) is 0 Å². The molecule has 0 spiro atoms. The number of hydrogen-bond donors (Lipinski definition) is 1. The summed E-state index contributed by atoms with van der Waals surface area (Å²) in [5, 5.41) is 9.87. The maximum atomic E-state index is 9.46. The van der Waals surface area contributed by atoms with Crippen LogP contribution in [0.2, 0.25) is 5.02 Å². The van der Waals surface area contributed by atoms with Gasteiger partial charge in [-0.25, -0.2) is 0 Å². The number of nitrogens with zero attached hydrogens (tertiary/aromatic N) is 1. The van der Waals surface area contributed by atoms with Gasteiger partial charge in [-0.1, -0.05) is 31.5 Å². The molecule has 108 valence electrons. The van der Waals surface area contributed by atoms with Crippen LogP contribution in [0.4, 0.5) is 0 Å². The summed E-state index contributed by atoms with van der Waals surface area (Å²) in [6, 6.07) is 5.95. The SMILES string of the molecule is CCC(CC)N(CCOC)Cc1ccc(O)c(Cl)c1. The second-order valence-corrected chi connectivity index (χ2v) is 5.13. The first-order valence-electron chi connectivity index (χ1n) is 6.82. The second kappa shape index (κ2) is 8.41. The molecular weight excluding hydrogens is 262 g/mol. The van der Waals surface area contributed by atoms with Crippen molar-refractivity contribution < 1.29 is 9.84 Å². The zero-order valence-corrected chi connectivity index (χ0v) is 12.8. The molecule has 0 amide bonds. The molecule has 0 saturated carbocycles. The summed E-state index contributed by atoms with van der Waals surface area (Å²) in [4.78, 5) is 2.41. The second-order valence-electron chi connectivity index (χ2n) is 4.72. The Morgan fingerprint density at radius 1 is 1.32 bits per heavy atom. The van der Waals surface area contributed by atoms with Crippen molar-refractivity contribution in [3.63, 3.8) is 0 Å².